The van der Waals surface area contributed by atoms with Crippen LogP contribution in [0.1, 0.15) is 16.7 Å². The van der Waals surface area contributed by atoms with Gasteiger partial charge in [0.1, 0.15) is 5.75 Å². The molecule has 0 spiro atoms. The summed E-state index contributed by atoms with van der Waals surface area (Å²) in [7, 11) is 1.60. The fourth-order valence-corrected chi connectivity index (χ4v) is 1.77. The molecular weight excluding hydrogens is 194 g/mol. The molecule has 0 radical (unpaired) electrons. The predicted octanol–water partition coefficient (Wildman–Crippen LogP) is 1.56. The molecule has 0 bridgehead atoms. The molecule has 0 N–H and O–H groups in total. The van der Waals surface area contributed by atoms with Crippen molar-refractivity contribution in [2.45, 2.75) is 19.8 Å². The maximum Gasteiger partial charge on any atom is 0.235 e. The number of carbonyl (C=O) groups excluding carboxylic acids is 1. The van der Waals surface area contributed by atoms with Gasteiger partial charge < -0.3 is 9.47 Å². The van der Waals surface area contributed by atoms with Crippen molar-refractivity contribution in [3.05, 3.63) is 28.8 Å². The lowest BCUT2D eigenvalue weighted by Gasteiger charge is -2.09. The van der Waals surface area contributed by atoms with Crippen molar-refractivity contribution in [3.63, 3.8) is 0 Å². The van der Waals surface area contributed by atoms with Gasteiger partial charge in [-0.15, -0.1) is 0 Å². The van der Waals surface area contributed by atoms with Crippen LogP contribution in [0, 0.1) is 0 Å². The third-order valence-electron chi connectivity index (χ3n) is 2.51. The number of hydrogen-bond acceptors (Lipinski definition) is 4. The van der Waals surface area contributed by atoms with Gasteiger partial charge in [-0.1, -0.05) is 6.07 Å². The van der Waals surface area contributed by atoms with Crippen molar-refractivity contribution in [2.24, 2.45) is 4.99 Å². The first-order valence-corrected chi connectivity index (χ1v) is 4.66. The van der Waals surface area contributed by atoms with Crippen molar-refractivity contribution in [1.29, 1.82) is 0 Å². The molecule has 4 nitrogen and oxygen atoms in total. The Balaban J connectivity index is 2.46. The van der Waals surface area contributed by atoms with E-state index >= 15 is 0 Å². The van der Waals surface area contributed by atoms with E-state index in [4.69, 9.17) is 9.47 Å². The molecule has 0 saturated heterocycles. The number of isocyanates is 1. The summed E-state index contributed by atoms with van der Waals surface area (Å²) in [5.41, 5.74) is 3.16. The Morgan fingerprint density at radius 3 is 3.13 bits per heavy atom. The van der Waals surface area contributed by atoms with E-state index in [1.807, 2.05) is 12.1 Å². The number of nitrogens with zero attached hydrogens (tertiary/aromatic N) is 1. The van der Waals surface area contributed by atoms with Gasteiger partial charge in [-0.25, -0.2) is 9.79 Å². The molecule has 4 heteroatoms. The van der Waals surface area contributed by atoms with Crippen LogP contribution in [0.4, 0.5) is 0 Å². The maximum absolute atomic E-state index is 10.1. The van der Waals surface area contributed by atoms with Crippen LogP contribution in [0.25, 0.3) is 0 Å². The van der Waals surface area contributed by atoms with Gasteiger partial charge in [-0.3, -0.25) is 0 Å². The first-order chi connectivity index (χ1) is 7.36. The normalized spacial score (nSPS) is 13.1. The van der Waals surface area contributed by atoms with Crippen LogP contribution in [0.5, 0.6) is 5.75 Å². The summed E-state index contributed by atoms with van der Waals surface area (Å²) in [5, 5.41) is 0. The molecule has 1 aromatic rings. The molecule has 78 valence electrons. The van der Waals surface area contributed by atoms with E-state index in [-0.39, 0.29) is 0 Å². The fraction of sp³-hybridized carbons (Fsp3) is 0.364. The molecule has 15 heavy (non-hydrogen) atoms. The maximum atomic E-state index is 10.1. The van der Waals surface area contributed by atoms with Crippen LogP contribution in [-0.2, 0) is 29.3 Å². The molecule has 2 rings (SSSR count). The van der Waals surface area contributed by atoms with Crippen molar-refractivity contribution in [2.75, 3.05) is 7.11 Å². The summed E-state index contributed by atoms with van der Waals surface area (Å²) in [5.74, 6) is 0.748. The topological polar surface area (TPSA) is 47.9 Å². The van der Waals surface area contributed by atoms with E-state index in [2.05, 4.69) is 4.99 Å². The second-order valence-electron chi connectivity index (χ2n) is 3.28. The van der Waals surface area contributed by atoms with E-state index in [1.54, 1.807) is 7.11 Å². The van der Waals surface area contributed by atoms with Crippen LogP contribution in [0.3, 0.4) is 0 Å². The van der Waals surface area contributed by atoms with Crippen LogP contribution in [-0.4, -0.2) is 13.2 Å². The molecule has 1 aliphatic heterocycles. The third-order valence-corrected chi connectivity index (χ3v) is 2.51. The fourth-order valence-electron chi connectivity index (χ4n) is 1.77. The Bertz CT molecular complexity index is 422. The molecule has 0 saturated carbocycles. The molecule has 1 heterocycles. The van der Waals surface area contributed by atoms with Crippen molar-refractivity contribution in [1.82, 2.24) is 0 Å². The summed E-state index contributed by atoms with van der Waals surface area (Å²) in [6.07, 6.45) is 1.54. The first-order valence-electron chi connectivity index (χ1n) is 4.66. The van der Waals surface area contributed by atoms with Gasteiger partial charge in [0, 0.05) is 5.56 Å². The summed E-state index contributed by atoms with van der Waals surface area (Å²) < 4.78 is 10.6. The van der Waals surface area contributed by atoms with Crippen molar-refractivity contribution < 1.29 is 14.3 Å². The highest BCUT2D eigenvalue weighted by Crippen LogP contribution is 2.31. The second-order valence-corrected chi connectivity index (χ2v) is 3.28. The summed E-state index contributed by atoms with van der Waals surface area (Å²) in [6, 6.07) is 3.86. The van der Waals surface area contributed by atoms with Crippen molar-refractivity contribution >= 4 is 6.08 Å². The summed E-state index contributed by atoms with van der Waals surface area (Å²) in [6.45, 7) is 1.49. The smallest absolute Gasteiger partial charge is 0.235 e. The zero-order chi connectivity index (χ0) is 10.7. The van der Waals surface area contributed by atoms with Crippen LogP contribution < -0.4 is 4.74 Å². The molecule has 1 aliphatic rings. The highest BCUT2D eigenvalue weighted by molar-refractivity contribution is 5.47. The molecule has 0 aliphatic carbocycles. The van der Waals surface area contributed by atoms with Crippen LogP contribution in [0.2, 0.25) is 0 Å². The highest BCUT2D eigenvalue weighted by atomic mass is 16.5. The minimum absolute atomic E-state index is 0.305. The number of hydrogen-bond donors (Lipinski definition) is 0. The first kappa shape index (κ1) is 9.90. The van der Waals surface area contributed by atoms with Gasteiger partial charge in [-0.05, 0) is 17.2 Å². The van der Waals surface area contributed by atoms with Crippen molar-refractivity contribution in [3.8, 4) is 5.75 Å². The Morgan fingerprint density at radius 1 is 1.53 bits per heavy atom. The van der Waals surface area contributed by atoms with E-state index in [1.165, 1.54) is 6.08 Å². The molecule has 0 unspecified atom stereocenters. The molecule has 0 aromatic heterocycles. The average Bonchev–Trinajstić information content (AvgIpc) is 2.73. The number of fused-ring (bicyclic) bond motifs is 1. The van der Waals surface area contributed by atoms with Gasteiger partial charge in [-0.2, -0.15) is 0 Å². The lowest BCUT2D eigenvalue weighted by Crippen LogP contribution is -1.97. The van der Waals surface area contributed by atoms with E-state index in [9.17, 15) is 4.79 Å². The summed E-state index contributed by atoms with van der Waals surface area (Å²) >= 11 is 0. The molecule has 0 amide bonds. The number of benzene rings is 1. The van der Waals surface area contributed by atoms with Gasteiger partial charge >= 0.3 is 0 Å². The van der Waals surface area contributed by atoms with Gasteiger partial charge in [0.25, 0.3) is 0 Å². The summed E-state index contributed by atoms with van der Waals surface area (Å²) in [4.78, 5) is 13.7. The molecule has 0 atom stereocenters. The number of ether oxygens (including phenoxy) is 2. The Hall–Kier alpha value is -1.64. The van der Waals surface area contributed by atoms with E-state index in [0.717, 1.165) is 22.4 Å². The highest BCUT2D eigenvalue weighted by Gasteiger charge is 2.18. The zero-order valence-electron chi connectivity index (χ0n) is 8.45. The second kappa shape index (κ2) is 4.26. The third kappa shape index (κ3) is 1.77. The molecule has 1 aromatic carbocycles. The van der Waals surface area contributed by atoms with E-state index < -0.39 is 0 Å². The predicted molar refractivity (Wildman–Crippen MR) is 53.3 cm³/mol. The number of aliphatic imine (C=N–C) groups is 1. The lowest BCUT2D eigenvalue weighted by molar-refractivity contribution is 0.134. The SMILES string of the molecule is COc1ccc2c(c1CN=C=O)COC2. The minimum atomic E-state index is 0.305. The zero-order valence-corrected chi connectivity index (χ0v) is 8.45. The van der Waals surface area contributed by atoms with Gasteiger partial charge in [0.05, 0.1) is 26.9 Å². The Morgan fingerprint density at radius 2 is 2.40 bits per heavy atom. The molecular formula is C11H11NO3. The lowest BCUT2D eigenvalue weighted by atomic mass is 10.0. The number of rotatable bonds is 3. The molecule has 0 fully saturated rings. The standard InChI is InChI=1S/C11H11NO3/c1-14-11-3-2-8-5-15-6-10(8)9(11)4-12-7-13/h2-3H,4-6H2,1H3. The Labute approximate surface area is 87.5 Å². The van der Waals surface area contributed by atoms with Crippen LogP contribution in [0.15, 0.2) is 17.1 Å². The number of methoxy groups -OCH3 is 1. The van der Waals surface area contributed by atoms with Gasteiger partial charge in [0.15, 0.2) is 0 Å². The quantitative estimate of drug-likeness (QED) is 0.555. The van der Waals surface area contributed by atoms with Crippen LogP contribution >= 0.6 is 0 Å². The largest absolute Gasteiger partial charge is 0.496 e. The monoisotopic (exact) mass is 205 g/mol. The minimum Gasteiger partial charge on any atom is -0.496 e. The Kier molecular flexibility index (Phi) is 2.81. The average molecular weight is 205 g/mol. The van der Waals surface area contributed by atoms with Gasteiger partial charge in [0.2, 0.25) is 6.08 Å². The van der Waals surface area contributed by atoms with E-state index in [0.29, 0.717) is 19.8 Å².